The number of amides is 1. The van der Waals surface area contributed by atoms with Gasteiger partial charge < -0.3 is 19.1 Å². The van der Waals surface area contributed by atoms with E-state index in [0.29, 0.717) is 35.1 Å². The lowest BCUT2D eigenvalue weighted by atomic mass is 9.59. The van der Waals surface area contributed by atoms with Crippen molar-refractivity contribution in [1.82, 2.24) is 4.90 Å². The average Bonchev–Trinajstić information content (AvgIpc) is 3.01. The first-order valence-corrected chi connectivity index (χ1v) is 10.9. The second-order valence-electron chi connectivity index (χ2n) is 7.72. The van der Waals surface area contributed by atoms with Crippen molar-refractivity contribution in [3.63, 3.8) is 0 Å². The Balaban J connectivity index is 2.08. The number of carbonyl (C=O) groups is 3. The minimum Gasteiger partial charge on any atom is -0.493 e. The molecule has 2 heterocycles. The van der Waals surface area contributed by atoms with Gasteiger partial charge in [-0.1, -0.05) is 6.92 Å². The van der Waals surface area contributed by atoms with Crippen molar-refractivity contribution < 1.29 is 28.6 Å². The van der Waals surface area contributed by atoms with E-state index < -0.39 is 16.9 Å². The lowest BCUT2D eigenvalue weighted by Gasteiger charge is -2.51. The van der Waals surface area contributed by atoms with Crippen LogP contribution in [0.3, 0.4) is 0 Å². The van der Waals surface area contributed by atoms with E-state index in [-0.39, 0.29) is 24.5 Å². The maximum absolute atomic E-state index is 13.2. The zero-order valence-corrected chi connectivity index (χ0v) is 18.4. The quantitative estimate of drug-likeness (QED) is 0.663. The summed E-state index contributed by atoms with van der Waals surface area (Å²) in [6.07, 6.45) is 2.34. The highest BCUT2D eigenvalue weighted by atomic mass is 32.2. The fourth-order valence-electron chi connectivity index (χ4n) is 5.26. The van der Waals surface area contributed by atoms with Crippen molar-refractivity contribution in [3.8, 4) is 11.5 Å². The molecule has 0 saturated carbocycles. The van der Waals surface area contributed by atoms with Crippen molar-refractivity contribution in [3.05, 3.63) is 34.2 Å². The highest BCUT2D eigenvalue weighted by Crippen LogP contribution is 2.62. The van der Waals surface area contributed by atoms with E-state index >= 15 is 0 Å². The predicted molar refractivity (Wildman–Crippen MR) is 112 cm³/mol. The van der Waals surface area contributed by atoms with E-state index in [4.69, 9.17) is 14.2 Å². The van der Waals surface area contributed by atoms with Crippen LogP contribution in [-0.2, 0) is 31.1 Å². The normalized spacial score (nSPS) is 27.1. The van der Waals surface area contributed by atoms with Crippen molar-refractivity contribution >= 4 is 29.4 Å². The molecule has 7 nitrogen and oxygen atoms in total. The number of ketones is 1. The van der Waals surface area contributed by atoms with Crippen molar-refractivity contribution in [2.75, 3.05) is 33.6 Å². The minimum atomic E-state index is -1.30. The van der Waals surface area contributed by atoms with Crippen LogP contribution in [0.4, 0.5) is 0 Å². The first kappa shape index (κ1) is 20.8. The molecule has 0 aromatic heterocycles. The Morgan fingerprint density at radius 2 is 1.83 bits per heavy atom. The van der Waals surface area contributed by atoms with Gasteiger partial charge in [0.25, 0.3) is 0 Å². The SMILES string of the molecule is CCSC1=C[C@]23c4cc(OC)c(OC)cc4CCN2C(=O)C[C@]3(C(=O)OC)CC1=O. The maximum atomic E-state index is 13.2. The number of esters is 1. The number of thioether (sulfide) groups is 1. The van der Waals surface area contributed by atoms with E-state index in [1.807, 2.05) is 25.1 Å². The molecule has 160 valence electrons. The molecule has 1 spiro atoms. The average molecular weight is 432 g/mol. The molecule has 0 unspecified atom stereocenters. The summed E-state index contributed by atoms with van der Waals surface area (Å²) in [5, 5.41) is 0. The lowest BCUT2D eigenvalue weighted by Crippen LogP contribution is -2.59. The van der Waals surface area contributed by atoms with Gasteiger partial charge in [-0.2, -0.15) is 0 Å². The zero-order valence-electron chi connectivity index (χ0n) is 17.6. The van der Waals surface area contributed by atoms with Gasteiger partial charge in [0, 0.05) is 24.3 Å². The molecule has 1 aliphatic carbocycles. The van der Waals surface area contributed by atoms with Crippen molar-refractivity contribution in [1.29, 1.82) is 0 Å². The Labute approximate surface area is 179 Å². The highest BCUT2D eigenvalue weighted by molar-refractivity contribution is 8.03. The van der Waals surface area contributed by atoms with Gasteiger partial charge in [0.05, 0.1) is 21.3 Å². The van der Waals surface area contributed by atoms with Crippen LogP contribution in [0.1, 0.15) is 30.9 Å². The molecule has 8 heteroatoms. The summed E-state index contributed by atoms with van der Waals surface area (Å²) in [5.74, 6) is 1.01. The van der Waals surface area contributed by atoms with E-state index in [9.17, 15) is 14.4 Å². The molecule has 0 radical (unpaired) electrons. The third-order valence-corrected chi connectivity index (χ3v) is 7.43. The van der Waals surface area contributed by atoms with Gasteiger partial charge in [-0.15, -0.1) is 11.8 Å². The first-order chi connectivity index (χ1) is 14.4. The van der Waals surface area contributed by atoms with Gasteiger partial charge in [0.2, 0.25) is 5.91 Å². The Kier molecular flexibility index (Phi) is 5.08. The minimum absolute atomic E-state index is 0.0558. The predicted octanol–water partition coefficient (Wildman–Crippen LogP) is 2.46. The number of methoxy groups -OCH3 is 3. The summed E-state index contributed by atoms with van der Waals surface area (Å²) in [5.41, 5.74) is -0.624. The molecule has 30 heavy (non-hydrogen) atoms. The van der Waals surface area contributed by atoms with Crippen LogP contribution >= 0.6 is 11.8 Å². The summed E-state index contributed by atoms with van der Waals surface area (Å²) in [6, 6.07) is 3.75. The lowest BCUT2D eigenvalue weighted by molar-refractivity contribution is -0.161. The zero-order chi connectivity index (χ0) is 21.7. The number of nitrogens with zero attached hydrogens (tertiary/aromatic N) is 1. The molecular formula is C22H25NO6S. The van der Waals surface area contributed by atoms with Crippen LogP contribution < -0.4 is 9.47 Å². The monoisotopic (exact) mass is 431 g/mol. The smallest absolute Gasteiger partial charge is 0.315 e. The number of ether oxygens (including phenoxy) is 3. The van der Waals surface area contributed by atoms with Crippen LogP contribution in [0, 0.1) is 5.41 Å². The molecule has 0 N–H and O–H groups in total. The summed E-state index contributed by atoms with van der Waals surface area (Å²) >= 11 is 1.44. The number of Topliss-reactive ketones (excluding diaryl/α,β-unsaturated/α-hetero) is 1. The standard InChI is InChI=1S/C22H25NO6S/c1-5-30-18-11-22-14-9-17(28-3)16(27-2)8-13(14)6-7-23(22)19(25)12-21(22,10-15(18)24)20(26)29-4/h8-9,11H,5-7,10,12H2,1-4H3/t21-,22+/m0/s1. The molecular weight excluding hydrogens is 406 g/mol. The van der Waals surface area contributed by atoms with E-state index in [0.717, 1.165) is 11.1 Å². The van der Waals surface area contributed by atoms with E-state index in [1.165, 1.54) is 18.9 Å². The molecule has 2 aliphatic heterocycles. The fraction of sp³-hybridized carbons (Fsp3) is 0.500. The molecule has 1 saturated heterocycles. The van der Waals surface area contributed by atoms with Crippen LogP contribution in [-0.4, -0.2) is 56.2 Å². The first-order valence-electron chi connectivity index (χ1n) is 9.91. The molecule has 1 aromatic rings. The van der Waals surface area contributed by atoms with Gasteiger partial charge in [-0.05, 0) is 41.5 Å². The number of hydrogen-bond donors (Lipinski definition) is 0. The highest BCUT2D eigenvalue weighted by Gasteiger charge is 2.70. The van der Waals surface area contributed by atoms with Gasteiger partial charge in [0.1, 0.15) is 11.0 Å². The molecule has 2 atom stereocenters. The maximum Gasteiger partial charge on any atom is 0.315 e. The van der Waals surface area contributed by atoms with Crippen LogP contribution in [0.5, 0.6) is 11.5 Å². The van der Waals surface area contributed by atoms with Gasteiger partial charge in [0.15, 0.2) is 17.3 Å². The molecule has 3 aliphatic rings. The molecule has 4 rings (SSSR count). The Morgan fingerprint density at radius 3 is 2.47 bits per heavy atom. The van der Waals surface area contributed by atoms with Gasteiger partial charge in [-0.3, -0.25) is 14.4 Å². The number of fused-ring (bicyclic) bond motifs is 1. The van der Waals surface area contributed by atoms with Crippen LogP contribution in [0.25, 0.3) is 0 Å². The number of hydrogen-bond acceptors (Lipinski definition) is 7. The number of benzene rings is 1. The van der Waals surface area contributed by atoms with Crippen molar-refractivity contribution in [2.24, 2.45) is 5.41 Å². The largest absolute Gasteiger partial charge is 0.493 e. The van der Waals surface area contributed by atoms with Gasteiger partial charge >= 0.3 is 5.97 Å². The molecule has 1 aromatic carbocycles. The Bertz CT molecular complexity index is 973. The van der Waals surface area contributed by atoms with E-state index in [2.05, 4.69) is 0 Å². The van der Waals surface area contributed by atoms with Crippen molar-refractivity contribution in [2.45, 2.75) is 31.7 Å². The van der Waals surface area contributed by atoms with Crippen LogP contribution in [0.15, 0.2) is 23.1 Å². The molecule has 1 fully saturated rings. The Hall–Kier alpha value is -2.48. The van der Waals surface area contributed by atoms with Gasteiger partial charge in [-0.25, -0.2) is 0 Å². The summed E-state index contributed by atoms with van der Waals surface area (Å²) in [4.78, 5) is 41.7. The third kappa shape index (κ3) is 2.55. The summed E-state index contributed by atoms with van der Waals surface area (Å²) in [6.45, 7) is 2.42. The molecule has 1 amide bonds. The molecule has 0 bridgehead atoms. The number of allylic oxidation sites excluding steroid dienone is 1. The third-order valence-electron chi connectivity index (χ3n) is 6.49. The summed E-state index contributed by atoms with van der Waals surface area (Å²) in [7, 11) is 4.43. The topological polar surface area (TPSA) is 82.1 Å². The second-order valence-corrected chi connectivity index (χ2v) is 9.02. The number of rotatable bonds is 5. The second kappa shape index (κ2) is 7.34. The van der Waals surface area contributed by atoms with Crippen LogP contribution in [0.2, 0.25) is 0 Å². The fourth-order valence-corrected chi connectivity index (χ4v) is 6.06. The summed E-state index contributed by atoms with van der Waals surface area (Å²) < 4.78 is 16.2. The van der Waals surface area contributed by atoms with E-state index in [1.54, 1.807) is 19.1 Å². The Morgan fingerprint density at radius 1 is 1.13 bits per heavy atom. The number of carbonyl (C=O) groups excluding carboxylic acids is 3.